The van der Waals surface area contributed by atoms with Crippen molar-refractivity contribution in [3.8, 4) is 11.5 Å². The maximum Gasteiger partial charge on any atom is 0.247 e. The van der Waals surface area contributed by atoms with E-state index in [-0.39, 0.29) is 6.61 Å². The molecule has 90 valence electrons. The highest BCUT2D eigenvalue weighted by molar-refractivity contribution is 6.30. The van der Waals surface area contributed by atoms with E-state index < -0.39 is 0 Å². The Kier molecular flexibility index (Phi) is 4.08. The highest BCUT2D eigenvalue weighted by Gasteiger charge is 2.08. The van der Waals surface area contributed by atoms with Gasteiger partial charge in [0.15, 0.2) is 0 Å². The van der Waals surface area contributed by atoms with Gasteiger partial charge in [0.1, 0.15) is 0 Å². The molecule has 5 nitrogen and oxygen atoms in total. The topological polar surface area (TPSA) is 71.2 Å². The van der Waals surface area contributed by atoms with Gasteiger partial charge in [0.2, 0.25) is 11.8 Å². The minimum absolute atomic E-state index is 0.0787. The predicted octanol–water partition coefficient (Wildman–Crippen LogP) is 1.47. The molecule has 0 bridgehead atoms. The summed E-state index contributed by atoms with van der Waals surface area (Å²) >= 11 is 5.87. The van der Waals surface area contributed by atoms with Crippen molar-refractivity contribution in [3.63, 3.8) is 0 Å². The van der Waals surface area contributed by atoms with E-state index in [1.807, 2.05) is 12.1 Å². The molecule has 1 aromatic heterocycles. The van der Waals surface area contributed by atoms with Gasteiger partial charge in [0, 0.05) is 17.1 Å². The van der Waals surface area contributed by atoms with Crippen LogP contribution in [0.2, 0.25) is 5.02 Å². The van der Waals surface area contributed by atoms with Crippen LogP contribution in [0.15, 0.2) is 28.7 Å². The van der Waals surface area contributed by atoms with Crippen LogP contribution >= 0.6 is 11.6 Å². The smallest absolute Gasteiger partial charge is 0.247 e. The highest BCUT2D eigenvalue weighted by atomic mass is 35.5. The zero-order chi connectivity index (χ0) is 12.1. The normalized spacial score (nSPS) is 10.7. The average Bonchev–Trinajstić information content (AvgIpc) is 2.78. The zero-order valence-electron chi connectivity index (χ0n) is 9.06. The molecule has 0 spiro atoms. The lowest BCUT2D eigenvalue weighted by Gasteiger charge is -1.97. The second-order valence-corrected chi connectivity index (χ2v) is 3.85. The number of aromatic nitrogens is 2. The van der Waals surface area contributed by atoms with Crippen LogP contribution in [0.25, 0.3) is 11.5 Å². The minimum atomic E-state index is 0.0787. The first-order valence-electron chi connectivity index (χ1n) is 5.19. The van der Waals surface area contributed by atoms with E-state index in [1.54, 1.807) is 12.1 Å². The van der Waals surface area contributed by atoms with E-state index in [9.17, 15) is 0 Å². The van der Waals surface area contributed by atoms with Crippen LogP contribution in [0.5, 0.6) is 0 Å². The van der Waals surface area contributed by atoms with Gasteiger partial charge >= 0.3 is 0 Å². The van der Waals surface area contributed by atoms with Crippen molar-refractivity contribution in [2.75, 3.05) is 13.2 Å². The van der Waals surface area contributed by atoms with E-state index in [0.29, 0.717) is 29.9 Å². The molecular weight excluding hydrogens is 242 g/mol. The first-order valence-corrected chi connectivity index (χ1v) is 5.57. The summed E-state index contributed by atoms with van der Waals surface area (Å²) < 4.78 is 5.45. The molecule has 1 heterocycles. The van der Waals surface area contributed by atoms with Crippen molar-refractivity contribution in [2.24, 2.45) is 0 Å². The van der Waals surface area contributed by atoms with Crippen molar-refractivity contribution >= 4 is 11.6 Å². The second-order valence-electron chi connectivity index (χ2n) is 3.41. The summed E-state index contributed by atoms with van der Waals surface area (Å²) in [6.45, 7) is 1.01. The third kappa shape index (κ3) is 3.26. The zero-order valence-corrected chi connectivity index (χ0v) is 9.81. The summed E-state index contributed by atoms with van der Waals surface area (Å²) in [5, 5.41) is 20.0. The average molecular weight is 254 g/mol. The molecule has 0 aliphatic rings. The maximum absolute atomic E-state index is 8.61. The Morgan fingerprint density at radius 2 is 2.24 bits per heavy atom. The van der Waals surface area contributed by atoms with Crippen molar-refractivity contribution < 1.29 is 9.52 Å². The van der Waals surface area contributed by atoms with Crippen LogP contribution in [0.4, 0.5) is 0 Å². The molecule has 0 aliphatic heterocycles. The van der Waals surface area contributed by atoms with Gasteiger partial charge in [0.25, 0.3) is 0 Å². The number of aliphatic hydroxyl groups is 1. The third-order valence-corrected chi connectivity index (χ3v) is 2.34. The number of halogens is 1. The van der Waals surface area contributed by atoms with Crippen LogP contribution in [0, 0.1) is 0 Å². The molecule has 0 unspecified atom stereocenters. The molecule has 0 saturated carbocycles. The van der Waals surface area contributed by atoms with E-state index in [1.165, 1.54) is 0 Å². The van der Waals surface area contributed by atoms with Gasteiger partial charge in [-0.3, -0.25) is 0 Å². The Labute approximate surface area is 103 Å². The number of hydrogen-bond donors (Lipinski definition) is 2. The fraction of sp³-hybridized carbons (Fsp3) is 0.273. The van der Waals surface area contributed by atoms with Crippen LogP contribution in [-0.2, 0) is 6.54 Å². The number of hydrogen-bond acceptors (Lipinski definition) is 5. The predicted molar refractivity (Wildman–Crippen MR) is 63.5 cm³/mol. The van der Waals surface area contributed by atoms with Crippen molar-refractivity contribution in [3.05, 3.63) is 35.2 Å². The lowest BCUT2D eigenvalue weighted by molar-refractivity contribution is 0.289. The highest BCUT2D eigenvalue weighted by Crippen LogP contribution is 2.21. The van der Waals surface area contributed by atoms with Crippen molar-refractivity contribution in [2.45, 2.75) is 6.54 Å². The fourth-order valence-corrected chi connectivity index (χ4v) is 1.53. The first kappa shape index (κ1) is 12.0. The van der Waals surface area contributed by atoms with E-state index in [2.05, 4.69) is 15.5 Å². The summed E-state index contributed by atoms with van der Waals surface area (Å²) in [6, 6.07) is 7.22. The largest absolute Gasteiger partial charge is 0.419 e. The molecule has 2 aromatic rings. The monoisotopic (exact) mass is 253 g/mol. The number of rotatable bonds is 5. The third-order valence-electron chi connectivity index (χ3n) is 2.10. The van der Waals surface area contributed by atoms with Gasteiger partial charge < -0.3 is 14.8 Å². The van der Waals surface area contributed by atoms with Crippen LogP contribution in [-0.4, -0.2) is 28.5 Å². The first-order chi connectivity index (χ1) is 8.29. The van der Waals surface area contributed by atoms with Crippen molar-refractivity contribution in [1.29, 1.82) is 0 Å². The molecule has 17 heavy (non-hydrogen) atoms. The Morgan fingerprint density at radius 1 is 1.35 bits per heavy atom. The van der Waals surface area contributed by atoms with Crippen LogP contribution in [0.3, 0.4) is 0 Å². The summed E-state index contributed by atoms with van der Waals surface area (Å²) in [7, 11) is 0. The van der Waals surface area contributed by atoms with E-state index >= 15 is 0 Å². The van der Waals surface area contributed by atoms with Gasteiger partial charge in [-0.25, -0.2) is 0 Å². The number of aliphatic hydroxyl groups excluding tert-OH is 1. The molecule has 0 amide bonds. The molecule has 0 aliphatic carbocycles. The Morgan fingerprint density at radius 3 is 3.00 bits per heavy atom. The fourth-order valence-electron chi connectivity index (χ4n) is 1.34. The van der Waals surface area contributed by atoms with Gasteiger partial charge in [-0.05, 0) is 18.2 Å². The summed E-state index contributed by atoms with van der Waals surface area (Å²) in [4.78, 5) is 0. The minimum Gasteiger partial charge on any atom is -0.419 e. The van der Waals surface area contributed by atoms with Gasteiger partial charge in [0.05, 0.1) is 13.2 Å². The second kappa shape index (κ2) is 5.77. The summed E-state index contributed by atoms with van der Waals surface area (Å²) in [5.41, 5.74) is 0.790. The molecule has 1 aromatic carbocycles. The molecule has 0 atom stereocenters. The maximum atomic E-state index is 8.61. The molecule has 2 rings (SSSR count). The molecule has 2 N–H and O–H groups in total. The number of nitrogens with zero attached hydrogens (tertiary/aromatic N) is 2. The Balaban J connectivity index is 2.07. The molecule has 0 saturated heterocycles. The summed E-state index contributed by atoms with van der Waals surface area (Å²) in [6.07, 6.45) is 0. The summed E-state index contributed by atoms with van der Waals surface area (Å²) in [5.74, 6) is 0.918. The van der Waals surface area contributed by atoms with Crippen LogP contribution in [0.1, 0.15) is 5.89 Å². The molecule has 0 radical (unpaired) electrons. The van der Waals surface area contributed by atoms with Gasteiger partial charge in [-0.2, -0.15) is 0 Å². The molecular formula is C11H12ClN3O2. The van der Waals surface area contributed by atoms with Gasteiger partial charge in [-0.1, -0.05) is 17.7 Å². The van der Waals surface area contributed by atoms with Crippen molar-refractivity contribution in [1.82, 2.24) is 15.5 Å². The number of nitrogens with one attached hydrogen (secondary N) is 1. The number of benzene rings is 1. The standard InChI is InChI=1S/C11H12ClN3O2/c12-9-3-1-2-8(6-9)11-15-14-10(17-11)7-13-4-5-16/h1-3,6,13,16H,4-5,7H2. The molecule has 6 heteroatoms. The SMILES string of the molecule is OCCNCc1nnc(-c2cccc(Cl)c2)o1. The lowest BCUT2D eigenvalue weighted by atomic mass is 10.2. The quantitative estimate of drug-likeness (QED) is 0.790. The van der Waals surface area contributed by atoms with Gasteiger partial charge in [-0.15, -0.1) is 10.2 Å². The van der Waals surface area contributed by atoms with E-state index in [4.69, 9.17) is 21.1 Å². The van der Waals surface area contributed by atoms with E-state index in [0.717, 1.165) is 5.56 Å². The Hall–Kier alpha value is -1.43. The Bertz CT molecular complexity index is 487. The van der Waals surface area contributed by atoms with Crippen LogP contribution < -0.4 is 5.32 Å². The lowest BCUT2D eigenvalue weighted by Crippen LogP contribution is -2.17. The molecule has 0 fully saturated rings.